The Balaban J connectivity index is 1.77. The molecule has 3 atom stereocenters. The van der Waals surface area contributed by atoms with E-state index in [1.165, 1.54) is 6.42 Å². The third-order valence-electron chi connectivity index (χ3n) is 4.76. The fraction of sp³-hybridized carbons (Fsp3) is 0.562. The summed E-state index contributed by atoms with van der Waals surface area (Å²) in [6, 6.07) is 7.38. The van der Waals surface area contributed by atoms with E-state index in [4.69, 9.17) is 9.84 Å². The number of carboxylic acid groups (broad SMARTS) is 1. The molecular formula is C16H21NO3. The van der Waals surface area contributed by atoms with Gasteiger partial charge in [0.1, 0.15) is 0 Å². The highest BCUT2D eigenvalue weighted by Gasteiger charge is 2.57. The van der Waals surface area contributed by atoms with E-state index in [9.17, 15) is 4.79 Å². The number of hydrogen-bond donors (Lipinski definition) is 2. The molecule has 0 amide bonds. The molecule has 0 bridgehead atoms. The second kappa shape index (κ2) is 4.77. The molecular weight excluding hydrogens is 254 g/mol. The van der Waals surface area contributed by atoms with Crippen molar-refractivity contribution in [2.75, 3.05) is 11.9 Å². The number of nitrogens with one attached hydrogen (secondary N) is 1. The van der Waals surface area contributed by atoms with Crippen LogP contribution in [-0.4, -0.2) is 29.8 Å². The number of hydrogen-bond acceptors (Lipinski definition) is 3. The quantitative estimate of drug-likeness (QED) is 0.890. The first-order valence-corrected chi connectivity index (χ1v) is 7.21. The van der Waals surface area contributed by atoms with Crippen molar-refractivity contribution in [3.05, 3.63) is 29.8 Å². The van der Waals surface area contributed by atoms with Gasteiger partial charge in [-0.25, -0.2) is 4.79 Å². The lowest BCUT2D eigenvalue weighted by Gasteiger charge is -2.60. The molecule has 3 rings (SSSR count). The molecule has 0 radical (unpaired) electrons. The van der Waals surface area contributed by atoms with Crippen LogP contribution < -0.4 is 5.32 Å². The van der Waals surface area contributed by atoms with Crippen molar-refractivity contribution in [1.29, 1.82) is 0 Å². The van der Waals surface area contributed by atoms with Crippen molar-refractivity contribution in [3.63, 3.8) is 0 Å². The number of fused-ring (bicyclic) bond motifs is 1. The molecule has 3 unspecified atom stereocenters. The minimum Gasteiger partial charge on any atom is -0.478 e. The van der Waals surface area contributed by atoms with Crippen molar-refractivity contribution in [3.8, 4) is 0 Å². The van der Waals surface area contributed by atoms with Crippen LogP contribution in [0.2, 0.25) is 0 Å². The van der Waals surface area contributed by atoms with E-state index in [2.05, 4.69) is 19.2 Å². The highest BCUT2D eigenvalue weighted by atomic mass is 16.5. The lowest BCUT2D eigenvalue weighted by molar-refractivity contribution is -0.177. The molecule has 1 aromatic rings. The molecule has 1 aliphatic heterocycles. The van der Waals surface area contributed by atoms with E-state index >= 15 is 0 Å². The predicted molar refractivity (Wildman–Crippen MR) is 77.1 cm³/mol. The summed E-state index contributed by atoms with van der Waals surface area (Å²) >= 11 is 0. The molecule has 4 nitrogen and oxygen atoms in total. The Morgan fingerprint density at radius 1 is 1.45 bits per heavy atom. The van der Waals surface area contributed by atoms with Gasteiger partial charge in [-0.05, 0) is 31.0 Å². The molecule has 1 saturated carbocycles. The highest BCUT2D eigenvalue weighted by Crippen LogP contribution is 2.52. The summed E-state index contributed by atoms with van der Waals surface area (Å²) < 4.78 is 5.89. The summed E-state index contributed by atoms with van der Waals surface area (Å²) in [5, 5.41) is 12.6. The van der Waals surface area contributed by atoms with Crippen LogP contribution in [0.5, 0.6) is 0 Å². The van der Waals surface area contributed by atoms with Crippen LogP contribution in [0.4, 0.5) is 5.69 Å². The zero-order valence-electron chi connectivity index (χ0n) is 11.9. The van der Waals surface area contributed by atoms with Crippen LogP contribution in [0.15, 0.2) is 24.3 Å². The molecule has 4 heteroatoms. The number of anilines is 1. The molecule has 2 fully saturated rings. The first kappa shape index (κ1) is 13.4. The topological polar surface area (TPSA) is 58.6 Å². The van der Waals surface area contributed by atoms with Crippen LogP contribution in [0.1, 0.15) is 37.0 Å². The average molecular weight is 275 g/mol. The largest absolute Gasteiger partial charge is 0.478 e. The molecule has 2 aliphatic rings. The number of carboxylic acids is 1. The molecule has 2 N–H and O–H groups in total. The van der Waals surface area contributed by atoms with E-state index in [0.29, 0.717) is 23.6 Å². The van der Waals surface area contributed by atoms with Gasteiger partial charge in [0, 0.05) is 29.7 Å². The molecule has 1 heterocycles. The lowest BCUT2D eigenvalue weighted by atomic mass is 9.55. The smallest absolute Gasteiger partial charge is 0.335 e. The molecule has 0 aromatic heterocycles. The van der Waals surface area contributed by atoms with Gasteiger partial charge in [0.2, 0.25) is 0 Å². The fourth-order valence-electron chi connectivity index (χ4n) is 3.74. The summed E-state index contributed by atoms with van der Waals surface area (Å²) in [6.07, 6.45) is 2.63. The van der Waals surface area contributed by atoms with Gasteiger partial charge in [0.25, 0.3) is 0 Å². The summed E-state index contributed by atoms with van der Waals surface area (Å²) in [6.45, 7) is 5.31. The Morgan fingerprint density at radius 3 is 3.00 bits per heavy atom. The highest BCUT2D eigenvalue weighted by molar-refractivity contribution is 5.88. The van der Waals surface area contributed by atoms with Crippen molar-refractivity contribution >= 4 is 11.7 Å². The van der Waals surface area contributed by atoms with Crippen LogP contribution in [0, 0.1) is 11.3 Å². The molecule has 20 heavy (non-hydrogen) atoms. The molecule has 108 valence electrons. The van der Waals surface area contributed by atoms with Gasteiger partial charge in [0.05, 0.1) is 11.7 Å². The maximum Gasteiger partial charge on any atom is 0.335 e. The lowest BCUT2D eigenvalue weighted by Crippen LogP contribution is -2.67. The minimum absolute atomic E-state index is 0.0876. The van der Waals surface area contributed by atoms with Gasteiger partial charge >= 0.3 is 5.97 Å². The fourth-order valence-corrected chi connectivity index (χ4v) is 3.74. The Hall–Kier alpha value is -1.55. The van der Waals surface area contributed by atoms with E-state index in [-0.39, 0.29) is 5.41 Å². The number of benzene rings is 1. The SMILES string of the molecule is CC1(C)C(Nc2cccc(C(=O)O)c2)C2CCCOC21. The van der Waals surface area contributed by atoms with Crippen LogP contribution in [0.25, 0.3) is 0 Å². The van der Waals surface area contributed by atoms with Gasteiger partial charge < -0.3 is 15.2 Å². The second-order valence-corrected chi connectivity index (χ2v) is 6.43. The maximum absolute atomic E-state index is 11.0. The van der Waals surface area contributed by atoms with Gasteiger partial charge in [0.15, 0.2) is 0 Å². The number of ether oxygens (including phenoxy) is 1. The van der Waals surface area contributed by atoms with E-state index in [1.807, 2.05) is 6.07 Å². The van der Waals surface area contributed by atoms with Crippen molar-refractivity contribution < 1.29 is 14.6 Å². The van der Waals surface area contributed by atoms with Crippen LogP contribution in [0.3, 0.4) is 0 Å². The first-order chi connectivity index (χ1) is 9.50. The Kier molecular flexibility index (Phi) is 3.21. The van der Waals surface area contributed by atoms with Gasteiger partial charge in [-0.1, -0.05) is 19.9 Å². The van der Waals surface area contributed by atoms with Gasteiger partial charge in [-0.2, -0.15) is 0 Å². The maximum atomic E-state index is 11.0. The number of carbonyl (C=O) groups is 1. The normalized spacial score (nSPS) is 31.0. The number of rotatable bonds is 3. The third kappa shape index (κ3) is 2.08. The molecule has 0 spiro atoms. The van der Waals surface area contributed by atoms with Crippen molar-refractivity contribution in [2.24, 2.45) is 11.3 Å². The van der Waals surface area contributed by atoms with Crippen LogP contribution >= 0.6 is 0 Å². The third-order valence-corrected chi connectivity index (χ3v) is 4.76. The summed E-state index contributed by atoms with van der Waals surface area (Å²) in [7, 11) is 0. The van der Waals surface area contributed by atoms with Crippen molar-refractivity contribution in [1.82, 2.24) is 0 Å². The van der Waals surface area contributed by atoms with E-state index in [0.717, 1.165) is 18.7 Å². The zero-order valence-corrected chi connectivity index (χ0v) is 11.9. The molecule has 1 saturated heterocycles. The molecule has 1 aromatic carbocycles. The number of aromatic carboxylic acids is 1. The predicted octanol–water partition coefficient (Wildman–Crippen LogP) is 3.00. The summed E-state index contributed by atoms with van der Waals surface area (Å²) in [4.78, 5) is 11.0. The average Bonchev–Trinajstić information content (AvgIpc) is 2.45. The zero-order chi connectivity index (χ0) is 14.3. The van der Waals surface area contributed by atoms with E-state index in [1.54, 1.807) is 18.2 Å². The van der Waals surface area contributed by atoms with Gasteiger partial charge in [-0.15, -0.1) is 0 Å². The van der Waals surface area contributed by atoms with Crippen LogP contribution in [-0.2, 0) is 4.74 Å². The Bertz CT molecular complexity index is 526. The first-order valence-electron chi connectivity index (χ1n) is 7.21. The molecule has 1 aliphatic carbocycles. The summed E-state index contributed by atoms with van der Waals surface area (Å²) in [5.74, 6) is -0.354. The van der Waals surface area contributed by atoms with Crippen molar-refractivity contribution in [2.45, 2.75) is 38.8 Å². The summed E-state index contributed by atoms with van der Waals surface area (Å²) in [5.41, 5.74) is 1.29. The minimum atomic E-state index is -0.889. The Morgan fingerprint density at radius 2 is 2.25 bits per heavy atom. The Labute approximate surface area is 119 Å². The monoisotopic (exact) mass is 275 g/mol. The second-order valence-electron chi connectivity index (χ2n) is 6.43. The van der Waals surface area contributed by atoms with E-state index < -0.39 is 5.97 Å². The van der Waals surface area contributed by atoms with Gasteiger partial charge in [-0.3, -0.25) is 0 Å². The standard InChI is InChI=1S/C16H21NO3/c1-16(2)13(12-7-4-8-20-14(12)16)17-11-6-3-5-10(9-11)15(18)19/h3,5-6,9,12-14,17H,4,7-8H2,1-2H3,(H,18,19).